The molecule has 1 aliphatic rings. The van der Waals surface area contributed by atoms with E-state index in [9.17, 15) is 14.4 Å². The summed E-state index contributed by atoms with van der Waals surface area (Å²) in [5.74, 6) is -0.203. The molecule has 0 radical (unpaired) electrons. The van der Waals surface area contributed by atoms with Crippen molar-refractivity contribution in [2.24, 2.45) is 0 Å². The molecular formula is C18H24N2O5. The van der Waals surface area contributed by atoms with Crippen LogP contribution in [0.15, 0.2) is 18.2 Å². The predicted octanol–water partition coefficient (Wildman–Crippen LogP) is 1.55. The Morgan fingerprint density at radius 2 is 2.16 bits per heavy atom. The molecule has 0 bridgehead atoms. The zero-order valence-corrected chi connectivity index (χ0v) is 14.8. The number of hydrogen-bond acceptors (Lipinski definition) is 5. The van der Waals surface area contributed by atoms with Crippen molar-refractivity contribution in [1.82, 2.24) is 5.32 Å². The van der Waals surface area contributed by atoms with E-state index in [1.807, 2.05) is 6.92 Å². The molecule has 0 aliphatic carbocycles. The smallest absolute Gasteiger partial charge is 0.265 e. The minimum atomic E-state index is -0.704. The minimum absolute atomic E-state index is 0.117. The fourth-order valence-corrected chi connectivity index (χ4v) is 2.61. The van der Waals surface area contributed by atoms with E-state index >= 15 is 0 Å². The number of ether oxygens (including phenoxy) is 2. The average Bonchev–Trinajstić information content (AvgIpc) is 2.60. The molecule has 1 aromatic carbocycles. The first-order valence-electron chi connectivity index (χ1n) is 8.41. The summed E-state index contributed by atoms with van der Waals surface area (Å²) in [5, 5.41) is 2.81. The fraction of sp³-hybridized carbons (Fsp3) is 0.500. The van der Waals surface area contributed by atoms with Gasteiger partial charge in [-0.05, 0) is 45.4 Å². The quantitative estimate of drug-likeness (QED) is 0.569. The van der Waals surface area contributed by atoms with Gasteiger partial charge in [-0.1, -0.05) is 0 Å². The molecule has 7 heteroatoms. The number of carbonyl (C=O) groups is 3. The van der Waals surface area contributed by atoms with Crippen LogP contribution in [0.25, 0.3) is 0 Å². The highest BCUT2D eigenvalue weighted by Crippen LogP contribution is 2.34. The Labute approximate surface area is 147 Å². The van der Waals surface area contributed by atoms with Gasteiger partial charge >= 0.3 is 0 Å². The monoisotopic (exact) mass is 348 g/mol. The first kappa shape index (κ1) is 18.9. The summed E-state index contributed by atoms with van der Waals surface area (Å²) < 4.78 is 10.6. The van der Waals surface area contributed by atoms with Gasteiger partial charge in [0.25, 0.3) is 5.91 Å². The molecule has 136 valence electrons. The lowest BCUT2D eigenvalue weighted by Crippen LogP contribution is -2.51. The van der Waals surface area contributed by atoms with Crippen LogP contribution in [0.4, 0.5) is 5.69 Å². The lowest BCUT2D eigenvalue weighted by Gasteiger charge is -2.33. The number of rotatable bonds is 8. The second-order valence-corrected chi connectivity index (χ2v) is 5.81. The molecule has 2 rings (SSSR count). The molecule has 0 spiro atoms. The molecular weight excluding hydrogens is 324 g/mol. The van der Waals surface area contributed by atoms with E-state index in [1.165, 1.54) is 11.8 Å². The summed E-state index contributed by atoms with van der Waals surface area (Å²) in [5.41, 5.74) is 0.910. The molecule has 1 N–H and O–H groups in total. The Morgan fingerprint density at radius 3 is 2.84 bits per heavy atom. The van der Waals surface area contributed by atoms with Crippen molar-refractivity contribution < 1.29 is 23.9 Å². The Bertz CT molecular complexity index is 659. The number of carbonyl (C=O) groups excluding carboxylic acids is 3. The van der Waals surface area contributed by atoms with Crippen LogP contribution in [-0.4, -0.2) is 50.0 Å². The van der Waals surface area contributed by atoms with Gasteiger partial charge in [0.2, 0.25) is 5.91 Å². The van der Waals surface area contributed by atoms with Crippen molar-refractivity contribution >= 4 is 23.3 Å². The third-order valence-electron chi connectivity index (χ3n) is 3.98. The summed E-state index contributed by atoms with van der Waals surface area (Å²) in [6.45, 7) is 6.58. The summed E-state index contributed by atoms with van der Waals surface area (Å²) in [6, 6.07) is 4.18. The summed E-state index contributed by atoms with van der Waals surface area (Å²) in [4.78, 5) is 37.7. The molecule has 1 unspecified atom stereocenters. The molecule has 0 saturated carbocycles. The molecule has 25 heavy (non-hydrogen) atoms. The Kier molecular flexibility index (Phi) is 6.52. The number of fused-ring (bicyclic) bond motifs is 1. The first-order valence-corrected chi connectivity index (χ1v) is 8.41. The summed E-state index contributed by atoms with van der Waals surface area (Å²) >= 11 is 0. The highest BCUT2D eigenvalue weighted by molar-refractivity contribution is 6.05. The molecule has 0 saturated heterocycles. The topological polar surface area (TPSA) is 84.9 Å². The SMILES string of the molecule is CCOCCCNC(=O)C(C)N1C(=O)COc2ccc(C(C)=O)cc21. The molecule has 1 atom stereocenters. The molecule has 1 aliphatic heterocycles. The first-order chi connectivity index (χ1) is 12.0. The van der Waals surface area contributed by atoms with E-state index in [0.29, 0.717) is 43.2 Å². The molecule has 1 heterocycles. The maximum atomic E-state index is 12.4. The molecule has 0 fully saturated rings. The maximum absolute atomic E-state index is 12.4. The number of nitrogens with zero attached hydrogens (tertiary/aromatic N) is 1. The van der Waals surface area contributed by atoms with Crippen LogP contribution in [-0.2, 0) is 14.3 Å². The van der Waals surface area contributed by atoms with Crippen LogP contribution in [0.5, 0.6) is 5.75 Å². The lowest BCUT2D eigenvalue weighted by molar-refractivity contribution is -0.127. The van der Waals surface area contributed by atoms with Crippen molar-refractivity contribution in [2.45, 2.75) is 33.2 Å². The van der Waals surface area contributed by atoms with E-state index in [2.05, 4.69) is 5.32 Å². The van der Waals surface area contributed by atoms with Gasteiger partial charge in [0, 0.05) is 25.3 Å². The van der Waals surface area contributed by atoms with E-state index in [4.69, 9.17) is 9.47 Å². The number of hydrogen-bond donors (Lipinski definition) is 1. The van der Waals surface area contributed by atoms with E-state index in [0.717, 1.165) is 0 Å². The van der Waals surface area contributed by atoms with Crippen molar-refractivity contribution in [3.05, 3.63) is 23.8 Å². The van der Waals surface area contributed by atoms with Gasteiger partial charge in [-0.15, -0.1) is 0 Å². The standard InChI is InChI=1S/C18H24N2O5/c1-4-24-9-5-8-19-18(23)12(2)20-15-10-14(13(3)21)6-7-16(15)25-11-17(20)22/h6-7,10,12H,4-5,8-9,11H2,1-3H3,(H,19,23). The van der Waals surface area contributed by atoms with Crippen molar-refractivity contribution in [2.75, 3.05) is 31.3 Å². The third-order valence-corrected chi connectivity index (χ3v) is 3.98. The van der Waals surface area contributed by atoms with Gasteiger partial charge in [0.05, 0.1) is 5.69 Å². The second-order valence-electron chi connectivity index (χ2n) is 5.81. The molecule has 2 amide bonds. The van der Waals surface area contributed by atoms with Crippen LogP contribution in [0.3, 0.4) is 0 Å². The normalized spacial score (nSPS) is 14.5. The highest BCUT2D eigenvalue weighted by atomic mass is 16.5. The zero-order chi connectivity index (χ0) is 18.4. The van der Waals surface area contributed by atoms with Crippen LogP contribution in [0.1, 0.15) is 37.6 Å². The van der Waals surface area contributed by atoms with Crippen molar-refractivity contribution in [1.29, 1.82) is 0 Å². The molecule has 0 aromatic heterocycles. The Hall–Kier alpha value is -2.41. The van der Waals surface area contributed by atoms with E-state index < -0.39 is 6.04 Å². The van der Waals surface area contributed by atoms with Crippen LogP contribution in [0.2, 0.25) is 0 Å². The highest BCUT2D eigenvalue weighted by Gasteiger charge is 2.33. The van der Waals surface area contributed by atoms with E-state index in [-0.39, 0.29) is 24.2 Å². The predicted molar refractivity (Wildman–Crippen MR) is 93.0 cm³/mol. The van der Waals surface area contributed by atoms with E-state index in [1.54, 1.807) is 25.1 Å². The fourth-order valence-electron chi connectivity index (χ4n) is 2.61. The average molecular weight is 348 g/mol. The van der Waals surface area contributed by atoms with Gasteiger partial charge < -0.3 is 14.8 Å². The number of amides is 2. The van der Waals surface area contributed by atoms with Crippen LogP contribution in [0, 0.1) is 0 Å². The number of nitrogens with one attached hydrogen (secondary N) is 1. The van der Waals surface area contributed by atoms with Gasteiger partial charge in [0.1, 0.15) is 11.8 Å². The number of benzene rings is 1. The molecule has 7 nitrogen and oxygen atoms in total. The Morgan fingerprint density at radius 1 is 1.40 bits per heavy atom. The lowest BCUT2D eigenvalue weighted by atomic mass is 10.1. The summed E-state index contributed by atoms with van der Waals surface area (Å²) in [6.07, 6.45) is 0.703. The number of ketones is 1. The van der Waals surface area contributed by atoms with Gasteiger partial charge in [-0.25, -0.2) is 0 Å². The second kappa shape index (κ2) is 8.62. The van der Waals surface area contributed by atoms with Crippen molar-refractivity contribution in [3.8, 4) is 5.75 Å². The van der Waals surface area contributed by atoms with Crippen LogP contribution >= 0.6 is 0 Å². The van der Waals surface area contributed by atoms with Gasteiger partial charge in [-0.3, -0.25) is 19.3 Å². The van der Waals surface area contributed by atoms with Gasteiger partial charge in [0.15, 0.2) is 12.4 Å². The molecule has 1 aromatic rings. The van der Waals surface area contributed by atoms with Gasteiger partial charge in [-0.2, -0.15) is 0 Å². The Balaban J connectivity index is 2.12. The largest absolute Gasteiger partial charge is 0.482 e. The maximum Gasteiger partial charge on any atom is 0.265 e. The number of anilines is 1. The summed E-state index contributed by atoms with van der Waals surface area (Å²) in [7, 11) is 0. The third kappa shape index (κ3) is 4.57. The van der Waals surface area contributed by atoms with Crippen LogP contribution < -0.4 is 15.0 Å². The minimum Gasteiger partial charge on any atom is -0.482 e. The number of Topliss-reactive ketones (excluding diaryl/α,β-unsaturated/α-hetero) is 1. The zero-order valence-electron chi connectivity index (χ0n) is 14.8. The van der Waals surface area contributed by atoms with Crippen molar-refractivity contribution in [3.63, 3.8) is 0 Å².